The Labute approximate surface area is 545 Å². The van der Waals surface area contributed by atoms with Gasteiger partial charge in [0.05, 0.1) is 92.4 Å². The van der Waals surface area contributed by atoms with Crippen LogP contribution in [-0.4, -0.2) is 125 Å². The van der Waals surface area contributed by atoms with E-state index in [0.717, 1.165) is 22.6 Å². The fraction of sp³-hybridized carbons (Fsp3) is 0.333. The number of hydrogen-bond acceptors (Lipinski definition) is 20. The van der Waals surface area contributed by atoms with Gasteiger partial charge in [-0.2, -0.15) is 9.59 Å². The standard InChI is InChI=1S/2C20H21NO5.C12H14BrNO4.C8H9NO3.C3H7Br.C2H6.CO2/c1-20(2)19(23)21(12-13-5-8-15(24-3)9-6-13)16-11-14(18(22)25-4)7-10-17(16)26-20;1-20(2)19(24)21(11-13-4-7-15(25-3)8-5-13)16-10-14(17(23)12-22)6-9-18(16)26-20;1-12(2,13)11(17)14-8-6-7(10(16)18-3)4-5-9(8)15;1-12-8(11)5-2-3-7(10)6(9)4-5;1-3(2)4;1-2;2-1-3/h5-11H,12H2,1-4H3;4-10,22H,11-12H2,1-3H3;4-6,15H,1-3H3,(H,14,17);2-4,10H,9H2,1H3;3H,1-2H3;1-2H3;. The van der Waals surface area contributed by atoms with Gasteiger partial charge in [0, 0.05) is 10.4 Å². The van der Waals surface area contributed by atoms with E-state index in [4.69, 9.17) is 49.2 Å². The maximum Gasteiger partial charge on any atom is 0.373 e. The molecule has 23 nitrogen and oxygen atoms in total. The van der Waals surface area contributed by atoms with Gasteiger partial charge in [-0.3, -0.25) is 19.2 Å². The van der Waals surface area contributed by atoms with E-state index in [-0.39, 0.29) is 52.3 Å². The molecule has 3 amide bonds. The number of phenolic OH excluding ortho intramolecular Hbond substituents is 2. The summed E-state index contributed by atoms with van der Waals surface area (Å²) < 4.78 is 35.0. The summed E-state index contributed by atoms with van der Waals surface area (Å²) >= 11 is 6.47. The average Bonchev–Trinajstić information content (AvgIpc) is 1.28. The van der Waals surface area contributed by atoms with Gasteiger partial charge in [-0.05, 0) is 150 Å². The van der Waals surface area contributed by atoms with Gasteiger partial charge in [0.1, 0.15) is 41.1 Å². The van der Waals surface area contributed by atoms with Crippen molar-refractivity contribution < 1.29 is 91.6 Å². The highest BCUT2D eigenvalue weighted by Crippen LogP contribution is 2.41. The molecular weight excluding hydrogens is 1310 g/mol. The zero-order valence-electron chi connectivity index (χ0n) is 53.3. The first kappa shape index (κ1) is 77.8. The predicted octanol–water partition coefficient (Wildman–Crippen LogP) is 11.0. The van der Waals surface area contributed by atoms with Crippen LogP contribution < -0.4 is 39.8 Å². The minimum absolute atomic E-state index is 0.0392. The number of nitrogen functional groups attached to an aromatic ring is 1. The number of nitrogens with one attached hydrogen (secondary N) is 1. The van der Waals surface area contributed by atoms with Crippen LogP contribution in [0, 0.1) is 0 Å². The van der Waals surface area contributed by atoms with Crippen LogP contribution in [0.25, 0.3) is 0 Å². The number of fused-ring (bicyclic) bond motifs is 2. The third-order valence-corrected chi connectivity index (χ3v) is 12.7. The third-order valence-electron chi connectivity index (χ3n) is 12.3. The number of ketones is 1. The number of aliphatic hydroxyl groups excluding tert-OH is 1. The average molecular weight is 1390 g/mol. The molecule has 0 aromatic heterocycles. The van der Waals surface area contributed by atoms with Crippen LogP contribution >= 0.6 is 31.9 Å². The molecule has 0 atom stereocenters. The molecular formula is C66H78Br2N4O19. The zero-order chi connectivity index (χ0) is 69.1. The number of halogens is 2. The molecule has 2 heterocycles. The number of alkyl halides is 2. The summed E-state index contributed by atoms with van der Waals surface area (Å²) in [5.41, 5.74) is 7.87. The molecule has 2 aliphatic rings. The SMILES string of the molecule is CC.CC(C)Br.COC(=O)c1ccc(O)c(N)c1.COC(=O)c1ccc(O)c(NC(=O)C(C)(C)Br)c1.COC(=O)c1ccc2c(c1)N(Cc1ccc(OC)cc1)C(=O)C(C)(C)O2.COc1ccc(CN2C(=O)C(C)(C)Oc3ccc(C(=O)CO)cc32)cc1.O=C=O. The lowest BCUT2D eigenvalue weighted by Crippen LogP contribution is -2.52. The second-order valence-electron chi connectivity index (χ2n) is 20.7. The summed E-state index contributed by atoms with van der Waals surface area (Å²) in [5, 5.41) is 30.3. The van der Waals surface area contributed by atoms with E-state index in [2.05, 4.69) is 60.5 Å². The largest absolute Gasteiger partial charge is 0.506 e. The van der Waals surface area contributed by atoms with Crippen LogP contribution in [0.15, 0.2) is 121 Å². The van der Waals surface area contributed by atoms with Gasteiger partial charge in [0.25, 0.3) is 11.8 Å². The number of anilines is 4. The van der Waals surface area contributed by atoms with E-state index >= 15 is 0 Å². The molecule has 91 heavy (non-hydrogen) atoms. The highest BCUT2D eigenvalue weighted by atomic mass is 79.9. The first-order valence-corrected chi connectivity index (χ1v) is 29.5. The number of phenols is 2. The lowest BCUT2D eigenvalue weighted by atomic mass is 10.0. The van der Waals surface area contributed by atoms with Gasteiger partial charge in [0.2, 0.25) is 5.91 Å². The summed E-state index contributed by atoms with van der Waals surface area (Å²) in [4.78, 5) is 104. The Balaban J connectivity index is 0.000000407. The molecule has 25 heteroatoms. The second kappa shape index (κ2) is 36.4. The highest BCUT2D eigenvalue weighted by molar-refractivity contribution is 9.10. The van der Waals surface area contributed by atoms with Crippen molar-refractivity contribution in [1.29, 1.82) is 0 Å². The van der Waals surface area contributed by atoms with E-state index < -0.39 is 45.8 Å². The molecule has 8 rings (SSSR count). The topological polar surface area (TPSA) is 323 Å². The van der Waals surface area contributed by atoms with E-state index in [1.165, 1.54) is 57.7 Å². The third kappa shape index (κ3) is 23.2. The summed E-state index contributed by atoms with van der Waals surface area (Å²) in [7, 11) is 7.06. The number of Topliss-reactive ketones (excluding diaryl/α,β-unsaturated/α-hetero) is 1. The van der Waals surface area contributed by atoms with Crippen LogP contribution in [-0.2, 0) is 51.3 Å². The van der Waals surface area contributed by atoms with Crippen molar-refractivity contribution in [2.45, 2.75) is 103 Å². The van der Waals surface area contributed by atoms with Gasteiger partial charge in [0.15, 0.2) is 17.0 Å². The smallest absolute Gasteiger partial charge is 0.373 e. The number of hydrogen-bond donors (Lipinski definition) is 5. The maximum atomic E-state index is 12.9. The van der Waals surface area contributed by atoms with E-state index in [0.29, 0.717) is 57.5 Å². The lowest BCUT2D eigenvalue weighted by Gasteiger charge is -2.39. The number of amides is 3. The lowest BCUT2D eigenvalue weighted by molar-refractivity contribution is -0.191. The van der Waals surface area contributed by atoms with Crippen molar-refractivity contribution in [3.63, 3.8) is 0 Å². The van der Waals surface area contributed by atoms with Crippen LogP contribution in [0.2, 0.25) is 0 Å². The molecule has 0 spiro atoms. The Bertz CT molecular complexity index is 3340. The normalized spacial score (nSPS) is 12.6. The van der Waals surface area contributed by atoms with Crippen molar-refractivity contribution >= 4 is 102 Å². The van der Waals surface area contributed by atoms with Crippen LogP contribution in [0.5, 0.6) is 34.5 Å². The number of aliphatic hydroxyl groups is 1. The highest BCUT2D eigenvalue weighted by Gasteiger charge is 2.42. The molecule has 6 aromatic carbocycles. The number of nitrogens with two attached hydrogens (primary N) is 1. The fourth-order valence-corrected chi connectivity index (χ4v) is 7.84. The Kier molecular flexibility index (Phi) is 31.1. The maximum absolute atomic E-state index is 12.9. The quantitative estimate of drug-likeness (QED) is 0.0179. The van der Waals surface area contributed by atoms with Gasteiger partial charge in [-0.15, -0.1) is 0 Å². The molecule has 0 aliphatic carbocycles. The number of ether oxygens (including phenoxy) is 7. The molecule has 0 fully saturated rings. The molecule has 0 unspecified atom stereocenters. The number of esters is 3. The van der Waals surface area contributed by atoms with Crippen molar-refractivity contribution in [2.75, 3.05) is 63.0 Å². The first-order chi connectivity index (χ1) is 42.7. The zero-order valence-corrected chi connectivity index (χ0v) is 56.5. The molecule has 490 valence electrons. The summed E-state index contributed by atoms with van der Waals surface area (Å²) in [5.74, 6) is -0.190. The Morgan fingerprint density at radius 3 is 1.30 bits per heavy atom. The number of carbonyl (C=O) groups excluding carboxylic acids is 9. The summed E-state index contributed by atoms with van der Waals surface area (Å²) in [6.45, 7) is 18.5. The monoisotopic (exact) mass is 1390 g/mol. The fourth-order valence-electron chi connectivity index (χ4n) is 7.74. The molecule has 0 bridgehead atoms. The first-order valence-electron chi connectivity index (χ1n) is 27.8. The number of aromatic hydroxyl groups is 2. The number of rotatable bonds is 13. The Morgan fingerprint density at radius 2 is 0.945 bits per heavy atom. The van der Waals surface area contributed by atoms with E-state index in [9.17, 15) is 38.7 Å². The summed E-state index contributed by atoms with van der Waals surface area (Å²) in [6.07, 6.45) is 0.250. The number of nitrogens with zero attached hydrogens (tertiary/aromatic N) is 2. The molecule has 6 N–H and O–H groups in total. The number of benzene rings is 6. The van der Waals surface area contributed by atoms with Gasteiger partial charge < -0.3 is 69.3 Å². The van der Waals surface area contributed by atoms with Gasteiger partial charge in [-0.25, -0.2) is 14.4 Å². The molecule has 6 aromatic rings. The van der Waals surface area contributed by atoms with Gasteiger partial charge >= 0.3 is 24.1 Å². The second-order valence-corrected chi connectivity index (χ2v) is 24.5. The molecule has 0 radical (unpaired) electrons. The van der Waals surface area contributed by atoms with Crippen molar-refractivity contribution in [2.24, 2.45) is 0 Å². The number of carbonyl (C=O) groups is 7. The van der Waals surface area contributed by atoms with Crippen LogP contribution in [0.1, 0.15) is 122 Å². The van der Waals surface area contributed by atoms with Crippen LogP contribution in [0.3, 0.4) is 0 Å². The minimum atomic E-state index is -1.01. The predicted molar refractivity (Wildman–Crippen MR) is 349 cm³/mol. The molecule has 2 aliphatic heterocycles. The van der Waals surface area contributed by atoms with E-state index in [1.807, 2.05) is 62.4 Å². The van der Waals surface area contributed by atoms with Crippen molar-refractivity contribution in [1.82, 2.24) is 0 Å². The van der Waals surface area contributed by atoms with E-state index in [1.54, 1.807) is 102 Å². The Morgan fingerprint density at radius 1 is 0.604 bits per heavy atom. The van der Waals surface area contributed by atoms with Crippen molar-refractivity contribution in [3.05, 3.63) is 155 Å². The van der Waals surface area contributed by atoms with Crippen molar-refractivity contribution in [3.8, 4) is 34.5 Å². The van der Waals surface area contributed by atoms with Crippen LogP contribution in [0.4, 0.5) is 22.7 Å². The molecule has 0 saturated carbocycles. The number of methoxy groups -OCH3 is 5. The van der Waals surface area contributed by atoms with Gasteiger partial charge in [-0.1, -0.05) is 83.8 Å². The Hall–Kier alpha value is -9.29. The summed E-state index contributed by atoms with van der Waals surface area (Å²) in [6, 6.07) is 33.0. The minimum Gasteiger partial charge on any atom is -0.506 e. The molecule has 0 saturated heterocycles.